The molecule has 4 nitrogen and oxygen atoms in total. The Kier molecular flexibility index (Phi) is 3.92. The first-order valence-electron chi connectivity index (χ1n) is 5.00. The van der Waals surface area contributed by atoms with Crippen LogP contribution in [0, 0.1) is 11.3 Å². The van der Waals surface area contributed by atoms with Crippen molar-refractivity contribution in [3.8, 4) is 6.07 Å². The maximum absolute atomic E-state index is 11.5. The van der Waals surface area contributed by atoms with E-state index in [1.165, 1.54) is 0 Å². The van der Waals surface area contributed by atoms with Crippen LogP contribution in [0.2, 0.25) is 0 Å². The summed E-state index contributed by atoms with van der Waals surface area (Å²) < 4.78 is 5.26. The van der Waals surface area contributed by atoms with Gasteiger partial charge in [-0.3, -0.25) is 4.79 Å². The number of aryl methyl sites for hydroxylation is 1. The lowest BCUT2D eigenvalue weighted by Gasteiger charge is -2.06. The Bertz CT molecular complexity index is 376. The van der Waals surface area contributed by atoms with Crippen molar-refractivity contribution >= 4 is 5.91 Å². The predicted octanol–water partition coefficient (Wildman–Crippen LogP) is 1.87. The highest BCUT2D eigenvalue weighted by molar-refractivity contribution is 5.91. The molecular weight excluding hydrogens is 192 g/mol. The molecule has 4 heteroatoms. The van der Waals surface area contributed by atoms with Crippen LogP contribution in [0.1, 0.15) is 36.6 Å². The predicted molar refractivity (Wildman–Crippen MR) is 55.2 cm³/mol. The standard InChI is InChI=1S/C11H14N2O2/c1-3-8(7-12)13-11(14)10-6-5-9(4-2)15-10/h5-6,8H,3-4H2,1-2H3,(H,13,14). The van der Waals surface area contributed by atoms with Crippen LogP contribution < -0.4 is 5.32 Å². The summed E-state index contributed by atoms with van der Waals surface area (Å²) in [6.45, 7) is 3.79. The molecule has 0 spiro atoms. The van der Waals surface area contributed by atoms with Gasteiger partial charge >= 0.3 is 0 Å². The molecule has 0 bridgehead atoms. The fourth-order valence-corrected chi connectivity index (χ4v) is 1.14. The Morgan fingerprint density at radius 2 is 2.33 bits per heavy atom. The Morgan fingerprint density at radius 1 is 1.60 bits per heavy atom. The SMILES string of the molecule is CCc1ccc(C(=O)NC(C#N)CC)o1. The van der Waals surface area contributed by atoms with Crippen molar-refractivity contribution < 1.29 is 9.21 Å². The van der Waals surface area contributed by atoms with Gasteiger partial charge in [-0.1, -0.05) is 13.8 Å². The molecule has 0 aliphatic carbocycles. The zero-order valence-electron chi connectivity index (χ0n) is 8.91. The van der Waals surface area contributed by atoms with Gasteiger partial charge in [-0.05, 0) is 18.6 Å². The molecule has 15 heavy (non-hydrogen) atoms. The van der Waals surface area contributed by atoms with Gasteiger partial charge < -0.3 is 9.73 Å². The topological polar surface area (TPSA) is 66.0 Å². The Balaban J connectivity index is 2.65. The van der Waals surface area contributed by atoms with E-state index >= 15 is 0 Å². The fraction of sp³-hybridized carbons (Fsp3) is 0.455. The van der Waals surface area contributed by atoms with Crippen molar-refractivity contribution in [1.82, 2.24) is 5.32 Å². The zero-order valence-corrected chi connectivity index (χ0v) is 8.91. The summed E-state index contributed by atoms with van der Waals surface area (Å²) in [5, 5.41) is 11.3. The summed E-state index contributed by atoms with van der Waals surface area (Å²) in [4.78, 5) is 11.5. The van der Waals surface area contributed by atoms with E-state index in [2.05, 4.69) is 5.32 Å². The van der Waals surface area contributed by atoms with Gasteiger partial charge in [0.05, 0.1) is 6.07 Å². The van der Waals surface area contributed by atoms with Crippen molar-refractivity contribution in [1.29, 1.82) is 5.26 Å². The summed E-state index contributed by atoms with van der Waals surface area (Å²) in [5.41, 5.74) is 0. The third kappa shape index (κ3) is 2.84. The molecule has 1 aromatic rings. The minimum atomic E-state index is -0.451. The second kappa shape index (κ2) is 5.20. The third-order valence-corrected chi connectivity index (χ3v) is 2.10. The lowest BCUT2D eigenvalue weighted by Crippen LogP contribution is -2.32. The molecule has 1 heterocycles. The number of hydrogen-bond acceptors (Lipinski definition) is 3. The van der Waals surface area contributed by atoms with Gasteiger partial charge in [-0.25, -0.2) is 0 Å². The molecule has 0 aromatic carbocycles. The summed E-state index contributed by atoms with van der Waals surface area (Å²) >= 11 is 0. The Labute approximate surface area is 88.9 Å². The maximum Gasteiger partial charge on any atom is 0.288 e. The number of nitrogens with zero attached hydrogens (tertiary/aromatic N) is 1. The molecule has 1 aromatic heterocycles. The largest absolute Gasteiger partial charge is 0.456 e. The van der Waals surface area contributed by atoms with E-state index in [1.54, 1.807) is 12.1 Å². The van der Waals surface area contributed by atoms with Gasteiger partial charge in [0, 0.05) is 6.42 Å². The third-order valence-electron chi connectivity index (χ3n) is 2.10. The van der Waals surface area contributed by atoms with E-state index in [4.69, 9.17) is 9.68 Å². The maximum atomic E-state index is 11.5. The second-order valence-corrected chi connectivity index (χ2v) is 3.18. The highest BCUT2D eigenvalue weighted by atomic mass is 16.3. The van der Waals surface area contributed by atoms with Crippen molar-refractivity contribution in [2.75, 3.05) is 0 Å². The van der Waals surface area contributed by atoms with Gasteiger partial charge in [-0.15, -0.1) is 0 Å². The van der Waals surface area contributed by atoms with Crippen LogP contribution in [0.15, 0.2) is 16.5 Å². The van der Waals surface area contributed by atoms with Gasteiger partial charge in [0.2, 0.25) is 0 Å². The first-order chi connectivity index (χ1) is 7.21. The number of carbonyl (C=O) groups is 1. The monoisotopic (exact) mass is 206 g/mol. The van der Waals surface area contributed by atoms with Gasteiger partial charge in [0.1, 0.15) is 11.8 Å². The molecule has 1 amide bonds. The van der Waals surface area contributed by atoms with Gasteiger partial charge in [0.15, 0.2) is 5.76 Å². The average molecular weight is 206 g/mol. The van der Waals surface area contributed by atoms with E-state index in [0.717, 1.165) is 12.2 Å². The average Bonchev–Trinajstić information content (AvgIpc) is 2.74. The highest BCUT2D eigenvalue weighted by Gasteiger charge is 2.14. The number of carbonyl (C=O) groups excluding carboxylic acids is 1. The van der Waals surface area contributed by atoms with Crippen molar-refractivity contribution in [3.05, 3.63) is 23.7 Å². The number of amides is 1. The fourth-order valence-electron chi connectivity index (χ4n) is 1.14. The van der Waals surface area contributed by atoms with Crippen LogP contribution in [0.25, 0.3) is 0 Å². The van der Waals surface area contributed by atoms with Crippen LogP contribution in [0.4, 0.5) is 0 Å². The lowest BCUT2D eigenvalue weighted by atomic mass is 10.2. The summed E-state index contributed by atoms with van der Waals surface area (Å²) in [7, 11) is 0. The van der Waals surface area contributed by atoms with Crippen LogP contribution in [0.3, 0.4) is 0 Å². The number of nitriles is 1. The quantitative estimate of drug-likeness (QED) is 0.817. The first-order valence-corrected chi connectivity index (χ1v) is 5.00. The minimum absolute atomic E-state index is 0.264. The van der Waals surface area contributed by atoms with Crippen LogP contribution in [-0.4, -0.2) is 11.9 Å². The molecule has 0 saturated carbocycles. The molecule has 1 unspecified atom stereocenters. The van der Waals surface area contributed by atoms with E-state index in [1.807, 2.05) is 19.9 Å². The van der Waals surface area contributed by atoms with Gasteiger partial charge in [0.25, 0.3) is 5.91 Å². The molecule has 1 atom stereocenters. The Hall–Kier alpha value is -1.76. The molecule has 80 valence electrons. The molecule has 0 fully saturated rings. The zero-order chi connectivity index (χ0) is 11.3. The van der Waals surface area contributed by atoms with Crippen molar-refractivity contribution in [2.24, 2.45) is 0 Å². The minimum Gasteiger partial charge on any atom is -0.456 e. The molecule has 0 aliphatic rings. The normalized spacial score (nSPS) is 11.8. The highest BCUT2D eigenvalue weighted by Crippen LogP contribution is 2.08. The molecule has 1 N–H and O–H groups in total. The van der Waals surface area contributed by atoms with Crippen LogP contribution in [0.5, 0.6) is 0 Å². The number of nitrogens with one attached hydrogen (secondary N) is 1. The number of furan rings is 1. The molecular formula is C11H14N2O2. The van der Waals surface area contributed by atoms with Crippen molar-refractivity contribution in [2.45, 2.75) is 32.7 Å². The first kappa shape index (κ1) is 11.3. The summed E-state index contributed by atoms with van der Waals surface area (Å²) in [6.07, 6.45) is 1.34. The lowest BCUT2D eigenvalue weighted by molar-refractivity contribution is 0.0915. The second-order valence-electron chi connectivity index (χ2n) is 3.18. The molecule has 0 radical (unpaired) electrons. The molecule has 0 saturated heterocycles. The van der Waals surface area contributed by atoms with E-state index in [9.17, 15) is 4.79 Å². The summed E-state index contributed by atoms with van der Waals surface area (Å²) in [5.74, 6) is 0.703. The smallest absolute Gasteiger partial charge is 0.288 e. The van der Waals surface area contributed by atoms with E-state index < -0.39 is 6.04 Å². The summed E-state index contributed by atoms with van der Waals surface area (Å²) in [6, 6.07) is 4.94. The van der Waals surface area contributed by atoms with Crippen LogP contribution in [-0.2, 0) is 6.42 Å². The number of rotatable bonds is 4. The number of hydrogen-bond donors (Lipinski definition) is 1. The van der Waals surface area contributed by atoms with E-state index in [0.29, 0.717) is 6.42 Å². The Morgan fingerprint density at radius 3 is 2.80 bits per heavy atom. The van der Waals surface area contributed by atoms with Crippen molar-refractivity contribution in [3.63, 3.8) is 0 Å². The van der Waals surface area contributed by atoms with E-state index in [-0.39, 0.29) is 11.7 Å². The molecule has 0 aliphatic heterocycles. The van der Waals surface area contributed by atoms with Gasteiger partial charge in [-0.2, -0.15) is 5.26 Å². The van der Waals surface area contributed by atoms with Crippen LogP contribution >= 0.6 is 0 Å². The molecule has 1 rings (SSSR count).